The van der Waals surface area contributed by atoms with Gasteiger partial charge in [-0.1, -0.05) is 54.2 Å². The molecule has 0 bridgehead atoms. The van der Waals surface area contributed by atoms with Gasteiger partial charge in [0.15, 0.2) is 0 Å². The second-order valence-electron chi connectivity index (χ2n) is 7.83. The lowest BCUT2D eigenvalue weighted by atomic mass is 10.0. The minimum absolute atomic E-state index is 0.880. The van der Waals surface area contributed by atoms with Crippen LogP contribution in [0.4, 0.5) is 0 Å². The van der Waals surface area contributed by atoms with Crippen LogP contribution in [0.2, 0.25) is 0 Å². The quantitative estimate of drug-likeness (QED) is 0.729. The maximum atomic E-state index is 6.14. The van der Waals surface area contributed by atoms with E-state index in [1.54, 1.807) is 0 Å². The van der Waals surface area contributed by atoms with Crippen molar-refractivity contribution in [1.82, 2.24) is 9.88 Å². The van der Waals surface area contributed by atoms with Crippen LogP contribution in [0.1, 0.15) is 24.1 Å². The number of benzene rings is 1. The molecule has 0 atom stereocenters. The Morgan fingerprint density at radius 2 is 2.00 bits per heavy atom. The van der Waals surface area contributed by atoms with Gasteiger partial charge < -0.3 is 9.72 Å². The lowest BCUT2D eigenvalue weighted by molar-refractivity contribution is 0.274. The SMILES string of the molecule is C1=CC=C(CN2CCc3[nH]c4ccc(OC5=CC=CCC=C5)cc4c3C2)CC=C1. The number of fused-ring (bicyclic) bond motifs is 3. The van der Waals surface area contributed by atoms with E-state index in [9.17, 15) is 0 Å². The fraction of sp³-hybridized carbons (Fsp3) is 0.231. The Bertz CT molecular complexity index is 1090. The molecule has 2 heterocycles. The van der Waals surface area contributed by atoms with E-state index in [0.717, 1.165) is 50.4 Å². The van der Waals surface area contributed by atoms with Gasteiger partial charge in [-0.25, -0.2) is 0 Å². The molecule has 0 saturated heterocycles. The molecular formula is C26H26N2O. The van der Waals surface area contributed by atoms with Crippen molar-refractivity contribution in [2.45, 2.75) is 25.8 Å². The van der Waals surface area contributed by atoms with E-state index in [1.807, 2.05) is 12.2 Å². The molecule has 3 heteroatoms. The van der Waals surface area contributed by atoms with Crippen molar-refractivity contribution in [3.8, 4) is 5.75 Å². The monoisotopic (exact) mass is 382 g/mol. The van der Waals surface area contributed by atoms with E-state index in [0.29, 0.717) is 0 Å². The van der Waals surface area contributed by atoms with E-state index < -0.39 is 0 Å². The van der Waals surface area contributed by atoms with Gasteiger partial charge in [-0.15, -0.1) is 0 Å². The topological polar surface area (TPSA) is 28.3 Å². The van der Waals surface area contributed by atoms with E-state index in [-0.39, 0.29) is 0 Å². The molecule has 1 aromatic carbocycles. The molecule has 5 rings (SSSR count). The highest BCUT2D eigenvalue weighted by atomic mass is 16.5. The summed E-state index contributed by atoms with van der Waals surface area (Å²) in [6.45, 7) is 3.11. The summed E-state index contributed by atoms with van der Waals surface area (Å²) < 4.78 is 6.14. The van der Waals surface area contributed by atoms with Crippen molar-refractivity contribution in [3.05, 3.63) is 102 Å². The van der Waals surface area contributed by atoms with Gasteiger partial charge in [-0.2, -0.15) is 0 Å². The molecule has 0 spiro atoms. The van der Waals surface area contributed by atoms with Gasteiger partial charge in [0, 0.05) is 42.7 Å². The van der Waals surface area contributed by atoms with Crippen LogP contribution in [0.3, 0.4) is 0 Å². The number of nitrogens with one attached hydrogen (secondary N) is 1. The zero-order valence-corrected chi connectivity index (χ0v) is 16.6. The van der Waals surface area contributed by atoms with Crippen molar-refractivity contribution >= 4 is 10.9 Å². The number of rotatable bonds is 4. The first-order valence-corrected chi connectivity index (χ1v) is 10.4. The maximum absolute atomic E-state index is 6.14. The molecule has 0 fully saturated rings. The molecule has 1 aromatic heterocycles. The Morgan fingerprint density at radius 3 is 3.00 bits per heavy atom. The Labute approximate surface area is 172 Å². The summed E-state index contributed by atoms with van der Waals surface area (Å²) >= 11 is 0. The van der Waals surface area contributed by atoms with Crippen LogP contribution in [0.5, 0.6) is 5.75 Å². The molecule has 0 saturated carbocycles. The molecule has 3 nitrogen and oxygen atoms in total. The van der Waals surface area contributed by atoms with Crippen LogP contribution >= 0.6 is 0 Å². The summed E-state index contributed by atoms with van der Waals surface area (Å²) in [7, 11) is 0. The average molecular weight is 383 g/mol. The van der Waals surface area contributed by atoms with Crippen LogP contribution in [-0.2, 0) is 13.0 Å². The minimum Gasteiger partial charge on any atom is -0.457 e. The first-order valence-electron chi connectivity index (χ1n) is 10.4. The molecule has 0 unspecified atom stereocenters. The summed E-state index contributed by atoms with van der Waals surface area (Å²) in [5.41, 5.74) is 5.47. The van der Waals surface area contributed by atoms with E-state index in [4.69, 9.17) is 4.74 Å². The Kier molecular flexibility index (Phi) is 5.06. The highest BCUT2D eigenvalue weighted by Gasteiger charge is 2.21. The van der Waals surface area contributed by atoms with E-state index in [2.05, 4.69) is 76.7 Å². The van der Waals surface area contributed by atoms with E-state index >= 15 is 0 Å². The molecule has 1 N–H and O–H groups in total. The van der Waals surface area contributed by atoms with Crippen molar-refractivity contribution in [3.63, 3.8) is 0 Å². The van der Waals surface area contributed by atoms with Gasteiger partial charge in [0.25, 0.3) is 0 Å². The summed E-state index contributed by atoms with van der Waals surface area (Å²) in [5, 5.41) is 1.28. The molecular weight excluding hydrogens is 356 g/mol. The lowest BCUT2D eigenvalue weighted by Gasteiger charge is -2.28. The van der Waals surface area contributed by atoms with Crippen LogP contribution in [0.15, 0.2) is 90.3 Å². The molecule has 2 aliphatic carbocycles. The average Bonchev–Trinajstić information content (AvgIpc) is 2.95. The Balaban J connectivity index is 1.38. The van der Waals surface area contributed by atoms with Gasteiger partial charge in [0.05, 0.1) is 0 Å². The number of aromatic nitrogens is 1. The van der Waals surface area contributed by atoms with Crippen molar-refractivity contribution in [2.75, 3.05) is 13.1 Å². The summed E-state index contributed by atoms with van der Waals surface area (Å²) in [6.07, 6.45) is 24.3. The zero-order valence-electron chi connectivity index (χ0n) is 16.6. The summed E-state index contributed by atoms with van der Waals surface area (Å²) in [6, 6.07) is 6.39. The largest absolute Gasteiger partial charge is 0.457 e. The zero-order chi connectivity index (χ0) is 19.5. The molecule has 0 amide bonds. The van der Waals surface area contributed by atoms with Gasteiger partial charge in [0.1, 0.15) is 11.5 Å². The Morgan fingerprint density at radius 1 is 1.00 bits per heavy atom. The van der Waals surface area contributed by atoms with Gasteiger partial charge in [-0.05, 0) is 48.8 Å². The molecule has 3 aliphatic rings. The number of allylic oxidation sites excluding steroid dienone is 10. The Hall–Kier alpha value is -3.04. The molecule has 1 aliphatic heterocycles. The molecule has 146 valence electrons. The second-order valence-corrected chi connectivity index (χ2v) is 7.83. The lowest BCUT2D eigenvalue weighted by Crippen LogP contribution is -2.31. The van der Waals surface area contributed by atoms with Gasteiger partial charge in [0.2, 0.25) is 0 Å². The fourth-order valence-corrected chi connectivity index (χ4v) is 4.24. The minimum atomic E-state index is 0.880. The van der Waals surface area contributed by atoms with Crippen LogP contribution in [0, 0.1) is 0 Å². The van der Waals surface area contributed by atoms with E-state index in [1.165, 1.54) is 27.7 Å². The number of hydrogen-bond donors (Lipinski definition) is 1. The van der Waals surface area contributed by atoms with Crippen LogP contribution in [0.25, 0.3) is 10.9 Å². The normalized spacial score (nSPS) is 18.9. The molecule has 0 radical (unpaired) electrons. The number of ether oxygens (including phenoxy) is 1. The van der Waals surface area contributed by atoms with Crippen LogP contribution in [-0.4, -0.2) is 23.0 Å². The van der Waals surface area contributed by atoms with Gasteiger partial charge in [-0.3, -0.25) is 4.90 Å². The second kappa shape index (κ2) is 8.14. The highest BCUT2D eigenvalue weighted by molar-refractivity contribution is 5.86. The van der Waals surface area contributed by atoms with Crippen molar-refractivity contribution < 1.29 is 4.74 Å². The first kappa shape index (κ1) is 18.0. The fourth-order valence-electron chi connectivity index (χ4n) is 4.24. The number of aromatic amines is 1. The van der Waals surface area contributed by atoms with Gasteiger partial charge >= 0.3 is 0 Å². The van der Waals surface area contributed by atoms with Crippen LogP contribution < -0.4 is 4.74 Å². The smallest absolute Gasteiger partial charge is 0.128 e. The first-order chi connectivity index (χ1) is 14.3. The third-order valence-electron chi connectivity index (χ3n) is 5.71. The number of hydrogen-bond acceptors (Lipinski definition) is 2. The summed E-state index contributed by atoms with van der Waals surface area (Å²) in [4.78, 5) is 6.19. The number of H-pyrrole nitrogens is 1. The highest BCUT2D eigenvalue weighted by Crippen LogP contribution is 2.31. The maximum Gasteiger partial charge on any atom is 0.128 e. The predicted octanol–water partition coefficient (Wildman–Crippen LogP) is 5.75. The van der Waals surface area contributed by atoms with Crippen molar-refractivity contribution in [1.29, 1.82) is 0 Å². The third kappa shape index (κ3) is 4.06. The molecule has 29 heavy (non-hydrogen) atoms. The third-order valence-corrected chi connectivity index (χ3v) is 5.71. The predicted molar refractivity (Wildman–Crippen MR) is 120 cm³/mol. The summed E-state index contributed by atoms with van der Waals surface area (Å²) in [5.74, 6) is 1.77. The number of nitrogens with zero attached hydrogens (tertiary/aromatic N) is 1. The van der Waals surface area contributed by atoms with Crippen molar-refractivity contribution in [2.24, 2.45) is 0 Å². The molecule has 2 aromatic rings. The standard InChI is InChI=1S/C26H26N2O/c1-2-6-10-20(9-5-1)18-28-16-15-26-24(19-28)23-17-22(13-14-25(23)27-26)29-21-11-7-3-4-8-12-21/h1-3,5-9,11-14,17,27H,4,10,15-16,18-19H2.